The fourth-order valence-electron chi connectivity index (χ4n) is 3.09. The number of carbonyl (C=O) groups excluding carboxylic acids is 2. The van der Waals surface area contributed by atoms with Gasteiger partial charge in [-0.2, -0.15) is 0 Å². The highest BCUT2D eigenvalue weighted by Crippen LogP contribution is 2.31. The van der Waals surface area contributed by atoms with Crippen molar-refractivity contribution in [1.29, 1.82) is 0 Å². The van der Waals surface area contributed by atoms with E-state index in [1.54, 1.807) is 24.3 Å². The van der Waals surface area contributed by atoms with E-state index < -0.39 is 0 Å². The second-order valence-corrected chi connectivity index (χ2v) is 6.89. The minimum absolute atomic E-state index is 0.00729. The summed E-state index contributed by atoms with van der Waals surface area (Å²) in [5.41, 5.74) is 0.692. The number of hydrogen-bond acceptors (Lipinski definition) is 4. The zero-order valence-electron chi connectivity index (χ0n) is 15.4. The van der Waals surface area contributed by atoms with Gasteiger partial charge in [0.25, 0.3) is 0 Å². The van der Waals surface area contributed by atoms with Crippen LogP contribution in [0.3, 0.4) is 0 Å². The molecule has 0 unspecified atom stereocenters. The third-order valence-corrected chi connectivity index (χ3v) is 4.85. The molecule has 138 valence electrons. The van der Waals surface area contributed by atoms with E-state index in [1.807, 2.05) is 6.92 Å². The van der Waals surface area contributed by atoms with E-state index in [0.717, 1.165) is 25.0 Å². The smallest absolute Gasteiger partial charge is 0.306 e. The molecule has 1 aliphatic rings. The summed E-state index contributed by atoms with van der Waals surface area (Å²) in [6, 6.07) is 7.18. The van der Waals surface area contributed by atoms with Gasteiger partial charge in [-0.1, -0.05) is 13.8 Å². The minimum Gasteiger partial charge on any atom is -0.494 e. The van der Waals surface area contributed by atoms with Gasteiger partial charge in [0.2, 0.25) is 5.91 Å². The fraction of sp³-hybridized carbons (Fsp3) is 0.600. The zero-order chi connectivity index (χ0) is 18.2. The second kappa shape index (κ2) is 9.44. The first-order chi connectivity index (χ1) is 12.0. The molecule has 0 aliphatic heterocycles. The molecule has 0 aromatic heterocycles. The summed E-state index contributed by atoms with van der Waals surface area (Å²) in [7, 11) is 0. The monoisotopic (exact) mass is 347 g/mol. The summed E-state index contributed by atoms with van der Waals surface area (Å²) in [5, 5.41) is 2.78. The quantitative estimate of drug-likeness (QED) is 0.752. The van der Waals surface area contributed by atoms with E-state index in [9.17, 15) is 9.59 Å². The van der Waals surface area contributed by atoms with E-state index in [-0.39, 0.29) is 30.8 Å². The molecule has 5 nitrogen and oxygen atoms in total. The zero-order valence-corrected chi connectivity index (χ0v) is 15.4. The summed E-state index contributed by atoms with van der Waals surface area (Å²) in [6.07, 6.45) is 3.19. The Morgan fingerprint density at radius 2 is 1.80 bits per heavy atom. The van der Waals surface area contributed by atoms with Gasteiger partial charge in [0.1, 0.15) is 11.9 Å². The normalized spacial score (nSPS) is 22.9. The predicted octanol–water partition coefficient (Wildman–Crippen LogP) is 4.17. The van der Waals surface area contributed by atoms with Crippen LogP contribution in [0.2, 0.25) is 0 Å². The van der Waals surface area contributed by atoms with Gasteiger partial charge >= 0.3 is 5.97 Å². The third-order valence-electron chi connectivity index (χ3n) is 4.85. The van der Waals surface area contributed by atoms with E-state index in [1.165, 1.54) is 0 Å². The maximum absolute atomic E-state index is 12.0. The van der Waals surface area contributed by atoms with Gasteiger partial charge in [0.15, 0.2) is 0 Å². The molecule has 1 fully saturated rings. The first kappa shape index (κ1) is 19.3. The van der Waals surface area contributed by atoms with Crippen molar-refractivity contribution in [3.05, 3.63) is 24.3 Å². The fourth-order valence-corrected chi connectivity index (χ4v) is 3.09. The lowest BCUT2D eigenvalue weighted by Gasteiger charge is -2.31. The highest BCUT2D eigenvalue weighted by Gasteiger charge is 2.27. The Morgan fingerprint density at radius 3 is 2.44 bits per heavy atom. The Hall–Kier alpha value is -2.04. The van der Waals surface area contributed by atoms with E-state index in [4.69, 9.17) is 9.47 Å². The first-order valence-electron chi connectivity index (χ1n) is 9.20. The van der Waals surface area contributed by atoms with Crippen molar-refractivity contribution >= 4 is 17.6 Å². The number of benzene rings is 1. The summed E-state index contributed by atoms with van der Waals surface area (Å²) in [4.78, 5) is 23.9. The van der Waals surface area contributed by atoms with Crippen LogP contribution >= 0.6 is 0 Å². The van der Waals surface area contributed by atoms with Crippen LogP contribution in [-0.4, -0.2) is 24.6 Å². The summed E-state index contributed by atoms with van der Waals surface area (Å²) >= 11 is 0. The number of nitrogens with one attached hydrogen (secondary N) is 1. The van der Waals surface area contributed by atoms with Crippen LogP contribution in [0.4, 0.5) is 5.69 Å². The highest BCUT2D eigenvalue weighted by molar-refractivity contribution is 5.92. The van der Waals surface area contributed by atoms with Crippen LogP contribution in [0, 0.1) is 11.8 Å². The van der Waals surface area contributed by atoms with Crippen molar-refractivity contribution in [2.24, 2.45) is 11.8 Å². The number of ether oxygens (including phenoxy) is 2. The average Bonchev–Trinajstić information content (AvgIpc) is 2.58. The topological polar surface area (TPSA) is 64.6 Å². The molecule has 1 aromatic rings. The molecular formula is C20H29NO4. The molecule has 0 heterocycles. The minimum atomic E-state index is -0.284. The molecular weight excluding hydrogens is 318 g/mol. The standard InChI is InChI=1S/C20H29NO4/c1-4-24-17-9-6-16(7-10-17)21-19(22)11-12-20(23)25-18-8-5-14(2)15(3)13-18/h6-7,9-10,14-15,18H,4-5,8,11-13H2,1-3H3,(H,21,22)/t14-,15-,18-/m1/s1. The number of anilines is 1. The Kier molecular flexibility index (Phi) is 7.29. The molecule has 25 heavy (non-hydrogen) atoms. The van der Waals surface area contributed by atoms with Gasteiger partial charge < -0.3 is 14.8 Å². The van der Waals surface area contributed by atoms with Crippen molar-refractivity contribution in [2.75, 3.05) is 11.9 Å². The summed E-state index contributed by atoms with van der Waals surface area (Å²) in [5.74, 6) is 1.56. The van der Waals surface area contributed by atoms with E-state index in [2.05, 4.69) is 19.2 Å². The van der Waals surface area contributed by atoms with E-state index in [0.29, 0.717) is 24.1 Å². The van der Waals surface area contributed by atoms with Gasteiger partial charge in [0.05, 0.1) is 13.0 Å². The van der Waals surface area contributed by atoms with Gasteiger partial charge in [-0.15, -0.1) is 0 Å². The van der Waals surface area contributed by atoms with Crippen LogP contribution < -0.4 is 10.1 Å². The number of hydrogen-bond donors (Lipinski definition) is 1. The molecule has 1 aromatic carbocycles. The summed E-state index contributed by atoms with van der Waals surface area (Å²) in [6.45, 7) is 6.97. The second-order valence-electron chi connectivity index (χ2n) is 6.89. The lowest BCUT2D eigenvalue weighted by molar-refractivity contribution is -0.152. The Bertz CT molecular complexity index is 570. The van der Waals surface area contributed by atoms with Crippen molar-refractivity contribution in [3.63, 3.8) is 0 Å². The molecule has 1 N–H and O–H groups in total. The maximum atomic E-state index is 12.0. The molecule has 0 saturated heterocycles. The van der Waals surface area contributed by atoms with E-state index >= 15 is 0 Å². The first-order valence-corrected chi connectivity index (χ1v) is 9.20. The SMILES string of the molecule is CCOc1ccc(NC(=O)CCC(=O)O[C@@H]2CC[C@@H](C)[C@H](C)C2)cc1. The predicted molar refractivity (Wildman–Crippen MR) is 97.5 cm³/mol. The van der Waals surface area contributed by atoms with Crippen LogP contribution in [0.5, 0.6) is 5.75 Å². The van der Waals surface area contributed by atoms with Gasteiger partial charge in [-0.3, -0.25) is 9.59 Å². The molecule has 3 atom stereocenters. The summed E-state index contributed by atoms with van der Waals surface area (Å²) < 4.78 is 10.9. The number of carbonyl (C=O) groups is 2. The molecule has 0 bridgehead atoms. The number of amides is 1. The number of rotatable bonds is 7. The highest BCUT2D eigenvalue weighted by atomic mass is 16.5. The molecule has 1 amide bonds. The molecule has 0 radical (unpaired) electrons. The Labute approximate surface area is 150 Å². The number of esters is 1. The molecule has 0 spiro atoms. The van der Waals surface area contributed by atoms with Crippen molar-refractivity contribution < 1.29 is 19.1 Å². The molecule has 1 saturated carbocycles. The molecule has 1 aliphatic carbocycles. The van der Waals surface area contributed by atoms with Gasteiger partial charge in [-0.05, 0) is 62.3 Å². The van der Waals surface area contributed by atoms with Crippen LogP contribution in [-0.2, 0) is 14.3 Å². The average molecular weight is 347 g/mol. The molecule has 5 heteroatoms. The van der Waals surface area contributed by atoms with Crippen molar-refractivity contribution in [1.82, 2.24) is 0 Å². The van der Waals surface area contributed by atoms with Crippen molar-refractivity contribution in [3.8, 4) is 5.75 Å². The van der Waals surface area contributed by atoms with Gasteiger partial charge in [0, 0.05) is 12.1 Å². The lowest BCUT2D eigenvalue weighted by atomic mass is 9.80. The molecule has 2 rings (SSSR count). The Balaban J connectivity index is 1.69. The maximum Gasteiger partial charge on any atom is 0.306 e. The van der Waals surface area contributed by atoms with Crippen LogP contribution in [0.1, 0.15) is 52.9 Å². The van der Waals surface area contributed by atoms with Gasteiger partial charge in [-0.25, -0.2) is 0 Å². The van der Waals surface area contributed by atoms with Crippen LogP contribution in [0.15, 0.2) is 24.3 Å². The van der Waals surface area contributed by atoms with Crippen molar-refractivity contribution in [2.45, 2.75) is 59.0 Å². The Morgan fingerprint density at radius 1 is 1.08 bits per heavy atom. The van der Waals surface area contributed by atoms with Crippen LogP contribution in [0.25, 0.3) is 0 Å². The third kappa shape index (κ3) is 6.40. The largest absolute Gasteiger partial charge is 0.494 e. The lowest BCUT2D eigenvalue weighted by Crippen LogP contribution is -2.29.